The molecule has 94 valence electrons. The zero-order valence-electron chi connectivity index (χ0n) is 10.0. The van der Waals surface area contributed by atoms with Crippen molar-refractivity contribution in [3.63, 3.8) is 0 Å². The average molecular weight is 275 g/mol. The first-order valence-corrected chi connectivity index (χ1v) is 6.66. The Morgan fingerprint density at radius 3 is 2.59 bits per heavy atom. The fourth-order valence-electron chi connectivity index (χ4n) is 1.71. The molecule has 0 aromatic carbocycles. The van der Waals surface area contributed by atoms with Gasteiger partial charge >= 0.3 is 0 Å². The van der Waals surface area contributed by atoms with Crippen molar-refractivity contribution in [2.24, 2.45) is 5.92 Å². The van der Waals surface area contributed by atoms with Gasteiger partial charge in [-0.2, -0.15) is 4.98 Å². The van der Waals surface area contributed by atoms with E-state index in [0.717, 1.165) is 13.0 Å². The van der Waals surface area contributed by atoms with Gasteiger partial charge in [-0.25, -0.2) is 0 Å². The fourth-order valence-corrected chi connectivity index (χ4v) is 2.02. The van der Waals surface area contributed by atoms with Crippen LogP contribution < -0.4 is 4.90 Å². The van der Waals surface area contributed by atoms with Crippen LogP contribution in [0.15, 0.2) is 0 Å². The number of aromatic nitrogens is 3. The molecule has 0 spiro atoms. The van der Waals surface area contributed by atoms with Crippen LogP contribution in [-0.4, -0.2) is 27.8 Å². The lowest BCUT2D eigenvalue weighted by atomic mass is 10.1. The fraction of sp³-hybridized carbons (Fsp3) is 0.727. The second-order valence-corrected chi connectivity index (χ2v) is 5.50. The molecule has 1 saturated carbocycles. The van der Waals surface area contributed by atoms with Crippen LogP contribution in [-0.2, 0) is 0 Å². The number of nitrogens with zero attached hydrogens (tertiary/aromatic N) is 4. The SMILES string of the molecule is CC(C)CCN(c1nc(Cl)nnc1Cl)C1CC1. The summed E-state index contributed by atoms with van der Waals surface area (Å²) in [6.45, 7) is 5.35. The molecule has 2 rings (SSSR count). The molecule has 0 aliphatic heterocycles. The Morgan fingerprint density at radius 1 is 1.29 bits per heavy atom. The highest BCUT2D eigenvalue weighted by Crippen LogP contribution is 2.34. The van der Waals surface area contributed by atoms with Crippen LogP contribution in [0.5, 0.6) is 0 Å². The Hall–Kier alpha value is -0.610. The minimum atomic E-state index is 0.152. The van der Waals surface area contributed by atoms with Gasteiger partial charge in [-0.3, -0.25) is 0 Å². The van der Waals surface area contributed by atoms with Crippen molar-refractivity contribution in [2.75, 3.05) is 11.4 Å². The summed E-state index contributed by atoms with van der Waals surface area (Å²) in [6, 6.07) is 0.541. The molecule has 1 aliphatic rings. The van der Waals surface area contributed by atoms with Crippen molar-refractivity contribution in [1.82, 2.24) is 15.2 Å². The van der Waals surface area contributed by atoms with Gasteiger partial charge in [-0.1, -0.05) is 25.4 Å². The quantitative estimate of drug-likeness (QED) is 0.827. The lowest BCUT2D eigenvalue weighted by Crippen LogP contribution is -2.29. The van der Waals surface area contributed by atoms with Crippen molar-refractivity contribution in [2.45, 2.75) is 39.2 Å². The van der Waals surface area contributed by atoms with Gasteiger partial charge in [-0.15, -0.1) is 10.2 Å². The summed E-state index contributed by atoms with van der Waals surface area (Å²) in [5.41, 5.74) is 0. The van der Waals surface area contributed by atoms with Crippen LogP contribution in [0.4, 0.5) is 5.82 Å². The number of rotatable bonds is 5. The van der Waals surface area contributed by atoms with Crippen LogP contribution in [0, 0.1) is 5.92 Å². The van der Waals surface area contributed by atoms with Crippen LogP contribution >= 0.6 is 23.2 Å². The third-order valence-electron chi connectivity index (χ3n) is 2.81. The highest BCUT2D eigenvalue weighted by atomic mass is 35.5. The van der Waals surface area contributed by atoms with Gasteiger partial charge in [0, 0.05) is 12.6 Å². The zero-order chi connectivity index (χ0) is 12.4. The zero-order valence-corrected chi connectivity index (χ0v) is 11.5. The molecule has 0 bridgehead atoms. The lowest BCUT2D eigenvalue weighted by molar-refractivity contribution is 0.567. The molecule has 0 atom stereocenters. The van der Waals surface area contributed by atoms with Crippen LogP contribution in [0.3, 0.4) is 0 Å². The lowest BCUT2D eigenvalue weighted by Gasteiger charge is -2.24. The van der Waals surface area contributed by atoms with E-state index in [0.29, 0.717) is 22.9 Å². The number of hydrogen-bond donors (Lipinski definition) is 0. The molecule has 1 aromatic rings. The standard InChI is InChI=1S/C11H16Cl2N4/c1-7(2)5-6-17(8-3-4-8)10-9(12)15-16-11(13)14-10/h7-8H,3-6H2,1-2H3. The Morgan fingerprint density at radius 2 is 2.00 bits per heavy atom. The average Bonchev–Trinajstić information content (AvgIpc) is 3.07. The first-order valence-electron chi connectivity index (χ1n) is 5.90. The molecular weight excluding hydrogens is 259 g/mol. The topological polar surface area (TPSA) is 41.9 Å². The predicted molar refractivity (Wildman–Crippen MR) is 69.7 cm³/mol. The summed E-state index contributed by atoms with van der Waals surface area (Å²) in [7, 11) is 0. The number of halogens is 2. The number of anilines is 1. The highest BCUT2D eigenvalue weighted by Gasteiger charge is 2.31. The van der Waals surface area contributed by atoms with E-state index in [9.17, 15) is 0 Å². The van der Waals surface area contributed by atoms with Crippen molar-refractivity contribution in [3.8, 4) is 0 Å². The molecule has 1 fully saturated rings. The van der Waals surface area contributed by atoms with E-state index in [4.69, 9.17) is 23.2 Å². The van der Waals surface area contributed by atoms with E-state index in [2.05, 4.69) is 33.9 Å². The molecule has 0 radical (unpaired) electrons. The first kappa shape index (κ1) is 12.8. The Kier molecular flexibility index (Phi) is 4.05. The predicted octanol–water partition coefficient (Wildman–Crippen LogP) is 3.19. The van der Waals surface area contributed by atoms with Crippen LogP contribution in [0.1, 0.15) is 33.1 Å². The maximum absolute atomic E-state index is 6.04. The molecule has 0 N–H and O–H groups in total. The molecule has 1 aliphatic carbocycles. The minimum Gasteiger partial charge on any atom is -0.351 e. The Bertz CT molecular complexity index is 393. The monoisotopic (exact) mass is 274 g/mol. The van der Waals surface area contributed by atoms with Gasteiger partial charge in [0.1, 0.15) is 0 Å². The maximum Gasteiger partial charge on any atom is 0.245 e. The van der Waals surface area contributed by atoms with E-state index >= 15 is 0 Å². The van der Waals surface area contributed by atoms with Gasteiger partial charge in [0.05, 0.1) is 0 Å². The third kappa shape index (κ3) is 3.42. The van der Waals surface area contributed by atoms with Gasteiger partial charge in [0.25, 0.3) is 0 Å². The first-order chi connectivity index (χ1) is 8.08. The van der Waals surface area contributed by atoms with Crippen molar-refractivity contribution in [1.29, 1.82) is 0 Å². The van der Waals surface area contributed by atoms with Gasteiger partial charge in [-0.05, 0) is 36.8 Å². The maximum atomic E-state index is 6.04. The molecule has 6 heteroatoms. The van der Waals surface area contributed by atoms with Gasteiger partial charge in [0.2, 0.25) is 5.28 Å². The Labute approximate surface area is 111 Å². The summed E-state index contributed by atoms with van der Waals surface area (Å²) in [5, 5.41) is 7.95. The molecule has 0 unspecified atom stereocenters. The van der Waals surface area contributed by atoms with E-state index in [1.165, 1.54) is 12.8 Å². The summed E-state index contributed by atoms with van der Waals surface area (Å²) in [4.78, 5) is 6.41. The molecule has 4 nitrogen and oxygen atoms in total. The highest BCUT2D eigenvalue weighted by molar-refractivity contribution is 6.32. The number of hydrogen-bond acceptors (Lipinski definition) is 4. The molecular formula is C11H16Cl2N4. The van der Waals surface area contributed by atoms with Gasteiger partial charge in [0.15, 0.2) is 11.0 Å². The summed E-state index contributed by atoms with van der Waals surface area (Å²) < 4.78 is 0. The summed E-state index contributed by atoms with van der Waals surface area (Å²) in [5.74, 6) is 1.33. The van der Waals surface area contributed by atoms with Crippen molar-refractivity contribution in [3.05, 3.63) is 10.4 Å². The molecule has 0 amide bonds. The molecule has 1 aromatic heterocycles. The van der Waals surface area contributed by atoms with E-state index < -0.39 is 0 Å². The van der Waals surface area contributed by atoms with Crippen LogP contribution in [0.25, 0.3) is 0 Å². The Balaban J connectivity index is 2.16. The second-order valence-electron chi connectivity index (χ2n) is 4.80. The normalized spacial score (nSPS) is 15.4. The van der Waals surface area contributed by atoms with Gasteiger partial charge < -0.3 is 4.90 Å². The third-order valence-corrected chi connectivity index (χ3v) is 3.21. The van der Waals surface area contributed by atoms with E-state index in [1.807, 2.05) is 0 Å². The second kappa shape index (κ2) is 5.36. The van der Waals surface area contributed by atoms with Crippen molar-refractivity contribution >= 4 is 29.0 Å². The van der Waals surface area contributed by atoms with E-state index in [-0.39, 0.29) is 5.28 Å². The molecule has 0 saturated heterocycles. The summed E-state index contributed by atoms with van der Waals surface area (Å²) in [6.07, 6.45) is 3.49. The van der Waals surface area contributed by atoms with E-state index in [1.54, 1.807) is 0 Å². The largest absolute Gasteiger partial charge is 0.351 e. The minimum absolute atomic E-state index is 0.152. The van der Waals surface area contributed by atoms with Crippen molar-refractivity contribution < 1.29 is 0 Å². The summed E-state index contributed by atoms with van der Waals surface area (Å²) >= 11 is 11.8. The molecule has 17 heavy (non-hydrogen) atoms. The van der Waals surface area contributed by atoms with Crippen LogP contribution in [0.2, 0.25) is 10.4 Å². The molecule has 1 heterocycles. The smallest absolute Gasteiger partial charge is 0.245 e.